The van der Waals surface area contributed by atoms with Crippen LogP contribution in [0.1, 0.15) is 18.9 Å². The summed E-state index contributed by atoms with van der Waals surface area (Å²) in [5.41, 5.74) is 1.89. The molecule has 1 aromatic rings. The average molecular weight is 272 g/mol. The summed E-state index contributed by atoms with van der Waals surface area (Å²) in [7, 11) is 0. The minimum Gasteiger partial charge on any atom is -0.447 e. The molecule has 1 saturated heterocycles. The second-order valence-electron chi connectivity index (χ2n) is 4.95. The fraction of sp³-hybridized carbons (Fsp3) is 0.400. The summed E-state index contributed by atoms with van der Waals surface area (Å²) in [6.07, 6.45) is -0.656. The van der Waals surface area contributed by atoms with Crippen molar-refractivity contribution in [2.24, 2.45) is 5.92 Å². The Kier molecular flexibility index (Phi) is 4.04. The first kappa shape index (κ1) is 14.1. The zero-order chi connectivity index (χ0) is 14.7. The van der Waals surface area contributed by atoms with Crippen LogP contribution in [0.2, 0.25) is 0 Å². The van der Waals surface area contributed by atoms with Crippen LogP contribution in [0.15, 0.2) is 24.3 Å². The lowest BCUT2D eigenvalue weighted by Gasteiger charge is -2.17. The fourth-order valence-corrected chi connectivity index (χ4v) is 2.14. The van der Waals surface area contributed by atoms with Crippen LogP contribution in [0.4, 0.5) is 5.69 Å². The molecule has 0 spiro atoms. The van der Waals surface area contributed by atoms with E-state index in [4.69, 9.17) is 10.00 Å². The van der Waals surface area contributed by atoms with Gasteiger partial charge in [-0.15, -0.1) is 0 Å². The van der Waals surface area contributed by atoms with Crippen molar-refractivity contribution in [2.75, 3.05) is 11.4 Å². The van der Waals surface area contributed by atoms with Gasteiger partial charge in [0, 0.05) is 18.7 Å². The van der Waals surface area contributed by atoms with Gasteiger partial charge in [-0.2, -0.15) is 5.26 Å². The Balaban J connectivity index is 2.06. The van der Waals surface area contributed by atoms with E-state index in [1.807, 2.05) is 37.3 Å². The van der Waals surface area contributed by atoms with Crippen LogP contribution in [0.25, 0.3) is 0 Å². The summed E-state index contributed by atoms with van der Waals surface area (Å²) in [5, 5.41) is 8.63. The molecule has 0 N–H and O–H groups in total. The van der Waals surface area contributed by atoms with Gasteiger partial charge in [-0.05, 0) is 26.0 Å². The van der Waals surface area contributed by atoms with Crippen LogP contribution in [0.3, 0.4) is 0 Å². The molecule has 1 aromatic carbocycles. The molecular weight excluding hydrogens is 256 g/mol. The highest BCUT2D eigenvalue weighted by atomic mass is 16.5. The Labute approximate surface area is 117 Å². The summed E-state index contributed by atoms with van der Waals surface area (Å²) < 4.78 is 4.96. The minimum absolute atomic E-state index is 0.0968. The molecule has 1 fully saturated rings. The number of carbonyl (C=O) groups is 2. The Morgan fingerprint density at radius 1 is 1.45 bits per heavy atom. The predicted octanol–water partition coefficient (Wildman–Crippen LogP) is 1.80. The van der Waals surface area contributed by atoms with Crippen molar-refractivity contribution in [3.05, 3.63) is 29.8 Å². The molecule has 2 rings (SSSR count). The molecule has 1 amide bonds. The smallest absolute Gasteiger partial charge is 0.312 e. The molecule has 1 aliphatic rings. The number of hydrogen-bond donors (Lipinski definition) is 0. The highest BCUT2D eigenvalue weighted by molar-refractivity contribution is 5.99. The SMILES string of the molecule is Cc1ccc(N2C[C@H](C(=O)O[C@H](C)C#N)CC2=O)cc1. The van der Waals surface area contributed by atoms with Gasteiger partial charge < -0.3 is 9.64 Å². The van der Waals surface area contributed by atoms with Crippen molar-refractivity contribution in [3.8, 4) is 6.07 Å². The van der Waals surface area contributed by atoms with Gasteiger partial charge in [0.05, 0.1) is 5.92 Å². The van der Waals surface area contributed by atoms with Crippen molar-refractivity contribution in [2.45, 2.75) is 26.4 Å². The maximum atomic E-state index is 12.0. The predicted molar refractivity (Wildman–Crippen MR) is 72.8 cm³/mol. The first-order chi connectivity index (χ1) is 9.51. The van der Waals surface area contributed by atoms with Gasteiger partial charge in [-0.3, -0.25) is 9.59 Å². The molecule has 5 nitrogen and oxygen atoms in total. The summed E-state index contributed by atoms with van der Waals surface area (Å²) in [4.78, 5) is 25.4. The number of aryl methyl sites for hydroxylation is 1. The normalized spacial score (nSPS) is 19.6. The Hall–Kier alpha value is -2.35. The molecule has 0 aliphatic carbocycles. The zero-order valence-corrected chi connectivity index (χ0v) is 11.5. The third kappa shape index (κ3) is 2.97. The van der Waals surface area contributed by atoms with Crippen LogP contribution < -0.4 is 4.90 Å². The summed E-state index contributed by atoms with van der Waals surface area (Å²) in [6.45, 7) is 3.78. The second-order valence-corrected chi connectivity index (χ2v) is 4.95. The number of benzene rings is 1. The molecule has 0 radical (unpaired) electrons. The van der Waals surface area contributed by atoms with Crippen LogP contribution in [-0.2, 0) is 14.3 Å². The molecule has 20 heavy (non-hydrogen) atoms. The minimum atomic E-state index is -0.786. The molecule has 5 heteroatoms. The molecule has 0 bridgehead atoms. The average Bonchev–Trinajstić information content (AvgIpc) is 2.81. The summed E-state index contributed by atoms with van der Waals surface area (Å²) in [5.74, 6) is -1.08. The number of amides is 1. The van der Waals surface area contributed by atoms with Crippen LogP contribution in [0, 0.1) is 24.2 Å². The van der Waals surface area contributed by atoms with Gasteiger partial charge >= 0.3 is 5.97 Å². The lowest BCUT2D eigenvalue weighted by Crippen LogP contribution is -2.27. The van der Waals surface area contributed by atoms with Crippen molar-refractivity contribution in [1.29, 1.82) is 5.26 Å². The second kappa shape index (κ2) is 5.74. The molecule has 1 heterocycles. The number of carbonyl (C=O) groups excluding carboxylic acids is 2. The Bertz CT molecular complexity index is 559. The van der Waals surface area contributed by atoms with Crippen molar-refractivity contribution >= 4 is 17.6 Å². The first-order valence-corrected chi connectivity index (χ1v) is 6.48. The van der Waals surface area contributed by atoms with E-state index in [-0.39, 0.29) is 12.3 Å². The topological polar surface area (TPSA) is 70.4 Å². The van der Waals surface area contributed by atoms with Gasteiger partial charge in [0.1, 0.15) is 6.07 Å². The zero-order valence-electron chi connectivity index (χ0n) is 11.5. The third-order valence-corrected chi connectivity index (χ3v) is 3.28. The molecule has 0 unspecified atom stereocenters. The summed E-state index contributed by atoms with van der Waals surface area (Å²) >= 11 is 0. The van der Waals surface area contributed by atoms with Gasteiger partial charge in [-0.1, -0.05) is 17.7 Å². The van der Waals surface area contributed by atoms with Gasteiger partial charge in [-0.25, -0.2) is 0 Å². The van der Waals surface area contributed by atoms with Crippen molar-refractivity contribution in [1.82, 2.24) is 0 Å². The highest BCUT2D eigenvalue weighted by Crippen LogP contribution is 2.26. The standard InChI is InChI=1S/C15H16N2O3/c1-10-3-5-13(6-4-10)17-9-12(7-14(17)18)15(19)20-11(2)8-16/h3-6,11-12H,7,9H2,1-2H3/t11-,12-/m1/s1. The van der Waals surface area contributed by atoms with Crippen LogP contribution >= 0.6 is 0 Å². The quantitative estimate of drug-likeness (QED) is 0.787. The van der Waals surface area contributed by atoms with Crippen LogP contribution in [0.5, 0.6) is 0 Å². The van der Waals surface area contributed by atoms with Crippen molar-refractivity contribution in [3.63, 3.8) is 0 Å². The number of anilines is 1. The van der Waals surface area contributed by atoms with E-state index in [1.54, 1.807) is 4.90 Å². The molecule has 1 aliphatic heterocycles. The number of hydrogen-bond acceptors (Lipinski definition) is 4. The maximum Gasteiger partial charge on any atom is 0.312 e. The summed E-state index contributed by atoms with van der Waals surface area (Å²) in [6, 6.07) is 9.40. The number of ether oxygens (including phenoxy) is 1. The largest absolute Gasteiger partial charge is 0.447 e. The molecule has 0 aromatic heterocycles. The number of nitrogens with zero attached hydrogens (tertiary/aromatic N) is 2. The molecule has 2 atom stereocenters. The number of rotatable bonds is 3. The molecular formula is C15H16N2O3. The van der Waals surface area contributed by atoms with E-state index < -0.39 is 18.0 Å². The highest BCUT2D eigenvalue weighted by Gasteiger charge is 2.36. The van der Waals surface area contributed by atoms with Crippen LogP contribution in [-0.4, -0.2) is 24.5 Å². The first-order valence-electron chi connectivity index (χ1n) is 6.48. The van der Waals surface area contributed by atoms with Crippen molar-refractivity contribution < 1.29 is 14.3 Å². The van der Waals surface area contributed by atoms with E-state index in [9.17, 15) is 9.59 Å². The molecule has 104 valence electrons. The number of nitriles is 1. The van der Waals surface area contributed by atoms with E-state index in [1.165, 1.54) is 6.92 Å². The van der Waals surface area contributed by atoms with E-state index in [0.29, 0.717) is 6.54 Å². The van der Waals surface area contributed by atoms with Gasteiger partial charge in [0.15, 0.2) is 6.10 Å². The number of esters is 1. The Morgan fingerprint density at radius 2 is 2.10 bits per heavy atom. The van der Waals surface area contributed by atoms with Gasteiger partial charge in [0.2, 0.25) is 5.91 Å². The van der Waals surface area contributed by atoms with Gasteiger partial charge in [0.25, 0.3) is 0 Å². The Morgan fingerprint density at radius 3 is 2.70 bits per heavy atom. The lowest BCUT2D eigenvalue weighted by molar-refractivity contribution is -0.150. The van der Waals surface area contributed by atoms with E-state index in [2.05, 4.69) is 0 Å². The maximum absolute atomic E-state index is 12.0. The lowest BCUT2D eigenvalue weighted by atomic mass is 10.1. The third-order valence-electron chi connectivity index (χ3n) is 3.28. The van der Waals surface area contributed by atoms with E-state index >= 15 is 0 Å². The monoisotopic (exact) mass is 272 g/mol. The fourth-order valence-electron chi connectivity index (χ4n) is 2.14. The molecule has 0 saturated carbocycles. The van der Waals surface area contributed by atoms with E-state index in [0.717, 1.165) is 11.3 Å².